The fraction of sp³-hybridized carbons (Fsp3) is 0.0333. The fourth-order valence-corrected chi connectivity index (χ4v) is 5.15. The third kappa shape index (κ3) is 6.64. The highest BCUT2D eigenvalue weighted by Crippen LogP contribution is 2.35. The Balaban J connectivity index is 1.15. The normalized spacial score (nSPS) is 11.0. The van der Waals surface area contributed by atoms with Crippen LogP contribution in [0, 0.1) is 0 Å². The van der Waals surface area contributed by atoms with E-state index in [1.807, 2.05) is 36.4 Å². The van der Waals surface area contributed by atoms with Crippen molar-refractivity contribution in [2.24, 2.45) is 5.10 Å². The van der Waals surface area contributed by atoms with E-state index in [9.17, 15) is 9.59 Å². The summed E-state index contributed by atoms with van der Waals surface area (Å²) in [5.74, 6) is 0.141. The van der Waals surface area contributed by atoms with Gasteiger partial charge >= 0.3 is 5.97 Å². The van der Waals surface area contributed by atoms with E-state index in [-0.39, 0.29) is 5.91 Å². The maximum atomic E-state index is 12.7. The molecule has 0 radical (unpaired) electrons. The number of fused-ring (bicyclic) bond motifs is 1. The van der Waals surface area contributed by atoms with Crippen molar-refractivity contribution in [3.05, 3.63) is 129 Å². The van der Waals surface area contributed by atoms with E-state index in [1.165, 1.54) is 17.6 Å². The Hall–Kier alpha value is -4.17. The lowest BCUT2D eigenvalue weighted by Gasteiger charge is -2.07. The van der Waals surface area contributed by atoms with Crippen LogP contribution < -0.4 is 14.9 Å². The van der Waals surface area contributed by atoms with Crippen LogP contribution in [0.3, 0.4) is 0 Å². The van der Waals surface area contributed by atoms with E-state index in [0.29, 0.717) is 44.2 Å². The van der Waals surface area contributed by atoms with Gasteiger partial charge in [-0.25, -0.2) is 10.2 Å². The summed E-state index contributed by atoms with van der Waals surface area (Å²) in [5.41, 5.74) is 4.50. The third-order valence-corrected chi connectivity index (χ3v) is 7.51. The molecule has 0 saturated heterocycles. The Morgan fingerprint density at radius 3 is 2.41 bits per heavy atom. The molecular weight excluding hydrogens is 555 g/mol. The molecule has 0 fully saturated rings. The van der Waals surface area contributed by atoms with Crippen molar-refractivity contribution in [3.63, 3.8) is 0 Å². The Morgan fingerprint density at radius 2 is 1.64 bits per heavy atom. The number of nitrogens with zero attached hydrogens (tertiary/aromatic N) is 1. The van der Waals surface area contributed by atoms with Crippen molar-refractivity contribution in [1.29, 1.82) is 0 Å². The molecule has 0 spiro atoms. The molecule has 0 aliphatic rings. The Bertz CT molecular complexity index is 1670. The summed E-state index contributed by atoms with van der Waals surface area (Å²) in [6.07, 6.45) is 1.47. The van der Waals surface area contributed by atoms with Gasteiger partial charge in [0.15, 0.2) is 0 Å². The number of rotatable bonds is 8. The first-order valence-corrected chi connectivity index (χ1v) is 13.3. The SMILES string of the molecule is O=C(N/N=C\c1cccc(OC(=O)c2sc3ccccc3c2Cl)c1)c1ccc(COc2ccc(Cl)cc2)cc1. The molecule has 1 heterocycles. The second-order valence-electron chi connectivity index (χ2n) is 8.34. The molecule has 194 valence electrons. The number of nitrogens with one attached hydrogen (secondary N) is 1. The third-order valence-electron chi connectivity index (χ3n) is 5.60. The number of carbonyl (C=O) groups is 2. The van der Waals surface area contributed by atoms with Crippen LogP contribution in [-0.2, 0) is 6.61 Å². The monoisotopic (exact) mass is 574 g/mol. The number of hydrogen-bond acceptors (Lipinski definition) is 6. The van der Waals surface area contributed by atoms with Crippen LogP contribution in [0.1, 0.15) is 31.2 Å². The Kier molecular flexibility index (Phi) is 8.22. The van der Waals surface area contributed by atoms with Crippen LogP contribution in [0.2, 0.25) is 10.0 Å². The fourth-order valence-electron chi connectivity index (χ4n) is 3.64. The minimum Gasteiger partial charge on any atom is -0.489 e. The molecule has 0 saturated carbocycles. The minimum absolute atomic E-state index is 0.334. The second kappa shape index (κ2) is 12.1. The maximum Gasteiger partial charge on any atom is 0.355 e. The van der Waals surface area contributed by atoms with E-state index in [0.717, 1.165) is 15.6 Å². The zero-order chi connectivity index (χ0) is 27.2. The van der Waals surface area contributed by atoms with Gasteiger partial charge in [-0.2, -0.15) is 5.10 Å². The van der Waals surface area contributed by atoms with Gasteiger partial charge in [0.25, 0.3) is 5.91 Å². The van der Waals surface area contributed by atoms with Crippen molar-refractivity contribution in [2.45, 2.75) is 6.61 Å². The number of ether oxygens (including phenoxy) is 2. The Labute approximate surface area is 238 Å². The van der Waals surface area contributed by atoms with Crippen LogP contribution in [0.25, 0.3) is 10.1 Å². The molecule has 5 aromatic rings. The lowest BCUT2D eigenvalue weighted by molar-refractivity contribution is 0.0740. The number of benzene rings is 4. The molecule has 1 N–H and O–H groups in total. The topological polar surface area (TPSA) is 77.0 Å². The number of amides is 1. The van der Waals surface area contributed by atoms with Gasteiger partial charge in [-0.05, 0) is 65.7 Å². The van der Waals surface area contributed by atoms with Gasteiger partial charge in [-0.1, -0.05) is 65.7 Å². The predicted octanol–water partition coefficient (Wildman–Crippen LogP) is 7.77. The lowest BCUT2D eigenvalue weighted by atomic mass is 10.1. The van der Waals surface area contributed by atoms with Crippen molar-refractivity contribution >= 4 is 62.7 Å². The number of thiophene rings is 1. The number of esters is 1. The number of hydrogen-bond donors (Lipinski definition) is 1. The summed E-state index contributed by atoms with van der Waals surface area (Å²) >= 11 is 13.6. The molecule has 4 aromatic carbocycles. The molecule has 0 atom stereocenters. The number of hydrazone groups is 1. The molecular formula is C30H20Cl2N2O4S. The van der Waals surface area contributed by atoms with Gasteiger partial charge in [0.1, 0.15) is 23.0 Å². The summed E-state index contributed by atoms with van der Waals surface area (Å²) in [6.45, 7) is 0.359. The van der Waals surface area contributed by atoms with Gasteiger partial charge in [0.2, 0.25) is 0 Å². The van der Waals surface area contributed by atoms with Gasteiger partial charge in [-0.15, -0.1) is 11.3 Å². The average Bonchev–Trinajstić information content (AvgIpc) is 3.30. The summed E-state index contributed by atoms with van der Waals surface area (Å²) in [6, 6.07) is 28.5. The second-order valence-corrected chi connectivity index (χ2v) is 10.2. The molecule has 5 rings (SSSR count). The molecule has 0 bridgehead atoms. The molecule has 39 heavy (non-hydrogen) atoms. The van der Waals surface area contributed by atoms with Crippen molar-refractivity contribution in [2.75, 3.05) is 0 Å². The van der Waals surface area contributed by atoms with Gasteiger partial charge in [0, 0.05) is 20.7 Å². The molecule has 1 aromatic heterocycles. The van der Waals surface area contributed by atoms with Gasteiger partial charge in [-0.3, -0.25) is 4.79 Å². The average molecular weight is 575 g/mol. The first-order valence-electron chi connectivity index (χ1n) is 11.8. The molecule has 1 amide bonds. The zero-order valence-corrected chi connectivity index (χ0v) is 22.6. The highest BCUT2D eigenvalue weighted by Gasteiger charge is 2.19. The summed E-state index contributed by atoms with van der Waals surface area (Å²) in [4.78, 5) is 25.5. The van der Waals surface area contributed by atoms with E-state index in [1.54, 1.807) is 60.7 Å². The highest BCUT2D eigenvalue weighted by atomic mass is 35.5. The molecule has 0 aliphatic heterocycles. The standard InChI is InChI=1S/C30H20Cl2N2O4S/c31-22-12-14-23(15-13-22)37-18-19-8-10-21(11-9-19)29(35)34-33-17-20-4-3-5-24(16-20)38-30(36)28-27(32)25-6-1-2-7-26(25)39-28/h1-17H,18H2,(H,34,35)/b33-17-. The molecule has 6 nitrogen and oxygen atoms in total. The summed E-state index contributed by atoms with van der Waals surface area (Å²) in [7, 11) is 0. The van der Waals surface area contributed by atoms with Crippen molar-refractivity contribution in [1.82, 2.24) is 5.43 Å². The lowest BCUT2D eigenvalue weighted by Crippen LogP contribution is -2.17. The van der Waals surface area contributed by atoms with E-state index in [4.69, 9.17) is 32.7 Å². The minimum atomic E-state index is -0.536. The highest BCUT2D eigenvalue weighted by molar-refractivity contribution is 7.21. The molecule has 0 unspecified atom stereocenters. The van der Waals surface area contributed by atoms with Crippen LogP contribution in [0.15, 0.2) is 102 Å². The van der Waals surface area contributed by atoms with E-state index >= 15 is 0 Å². The first-order chi connectivity index (χ1) is 19.0. The van der Waals surface area contributed by atoms with Crippen molar-refractivity contribution < 1.29 is 19.1 Å². The maximum absolute atomic E-state index is 12.7. The molecule has 0 aliphatic carbocycles. The zero-order valence-electron chi connectivity index (χ0n) is 20.3. The van der Waals surface area contributed by atoms with Crippen molar-refractivity contribution in [3.8, 4) is 11.5 Å². The smallest absolute Gasteiger partial charge is 0.355 e. The van der Waals surface area contributed by atoms with Crippen LogP contribution in [0.5, 0.6) is 11.5 Å². The van der Waals surface area contributed by atoms with Crippen LogP contribution >= 0.6 is 34.5 Å². The number of carbonyl (C=O) groups excluding carboxylic acids is 2. The largest absolute Gasteiger partial charge is 0.489 e. The van der Waals surface area contributed by atoms with Crippen LogP contribution in [0.4, 0.5) is 0 Å². The van der Waals surface area contributed by atoms with E-state index in [2.05, 4.69) is 10.5 Å². The number of halogens is 2. The van der Waals surface area contributed by atoms with Gasteiger partial charge < -0.3 is 9.47 Å². The Morgan fingerprint density at radius 1 is 0.872 bits per heavy atom. The quantitative estimate of drug-likeness (QED) is 0.0888. The van der Waals surface area contributed by atoms with Crippen LogP contribution in [-0.4, -0.2) is 18.1 Å². The summed E-state index contributed by atoms with van der Waals surface area (Å²) < 4.78 is 12.2. The summed E-state index contributed by atoms with van der Waals surface area (Å²) in [5, 5.41) is 5.86. The van der Waals surface area contributed by atoms with Gasteiger partial charge in [0.05, 0.1) is 11.2 Å². The molecule has 9 heteroatoms. The first kappa shape index (κ1) is 26.4. The van der Waals surface area contributed by atoms with E-state index < -0.39 is 5.97 Å². The predicted molar refractivity (Wildman–Crippen MR) is 156 cm³/mol.